The van der Waals surface area contributed by atoms with Crippen LogP contribution in [0, 0.1) is 12.7 Å². The van der Waals surface area contributed by atoms with Crippen LogP contribution in [0.3, 0.4) is 0 Å². The number of benzene rings is 1. The molecule has 3 nitrogen and oxygen atoms in total. The molecule has 0 unspecified atom stereocenters. The maximum atomic E-state index is 13.1. The molecular weight excluding hydrogens is 279 g/mol. The van der Waals surface area contributed by atoms with Gasteiger partial charge in [0.2, 0.25) is 5.28 Å². The van der Waals surface area contributed by atoms with E-state index < -0.39 is 0 Å². The summed E-state index contributed by atoms with van der Waals surface area (Å²) in [5.74, 6) is 0.140. The molecular formula is C15H12ClFN2O. The van der Waals surface area contributed by atoms with Gasteiger partial charge in [-0.25, -0.2) is 9.37 Å². The van der Waals surface area contributed by atoms with Crippen molar-refractivity contribution in [3.05, 3.63) is 65.0 Å². The van der Waals surface area contributed by atoms with Gasteiger partial charge in [0.1, 0.15) is 23.9 Å². The van der Waals surface area contributed by atoms with E-state index in [2.05, 4.69) is 4.98 Å². The third-order valence-electron chi connectivity index (χ3n) is 3.00. The molecule has 2 heterocycles. The molecule has 0 bridgehead atoms. The highest BCUT2D eigenvalue weighted by Gasteiger charge is 2.10. The molecule has 20 heavy (non-hydrogen) atoms. The van der Waals surface area contributed by atoms with Gasteiger partial charge in [0.15, 0.2) is 0 Å². The van der Waals surface area contributed by atoms with Gasteiger partial charge in [0, 0.05) is 12.3 Å². The second-order valence-corrected chi connectivity index (χ2v) is 4.87. The van der Waals surface area contributed by atoms with Gasteiger partial charge >= 0.3 is 0 Å². The average Bonchev–Trinajstić information content (AvgIpc) is 2.73. The lowest BCUT2D eigenvalue weighted by atomic mass is 10.2. The molecule has 0 aliphatic carbocycles. The fourth-order valence-electron chi connectivity index (χ4n) is 2.03. The average molecular weight is 291 g/mol. The summed E-state index contributed by atoms with van der Waals surface area (Å²) in [6, 6.07) is 9.96. The molecule has 5 heteroatoms. The first kappa shape index (κ1) is 12.9. The Kier molecular flexibility index (Phi) is 3.32. The molecule has 0 N–H and O–H groups in total. The highest BCUT2D eigenvalue weighted by atomic mass is 35.5. The molecule has 0 aliphatic heterocycles. The monoisotopic (exact) mass is 290 g/mol. The quantitative estimate of drug-likeness (QED) is 0.728. The van der Waals surface area contributed by atoms with Crippen LogP contribution in [0.5, 0.6) is 5.75 Å². The number of halogens is 2. The maximum Gasteiger partial charge on any atom is 0.207 e. The van der Waals surface area contributed by atoms with Crippen molar-refractivity contribution in [3.63, 3.8) is 0 Å². The number of imidazole rings is 1. The molecule has 3 aromatic rings. The highest BCUT2D eigenvalue weighted by Crippen LogP contribution is 2.20. The molecule has 3 rings (SSSR count). The van der Waals surface area contributed by atoms with Crippen molar-refractivity contribution in [2.75, 3.05) is 0 Å². The summed E-state index contributed by atoms with van der Waals surface area (Å²) in [5, 5.41) is 0.387. The number of rotatable bonds is 3. The lowest BCUT2D eigenvalue weighted by Gasteiger charge is -2.05. The molecule has 0 spiro atoms. The van der Waals surface area contributed by atoms with Gasteiger partial charge in [-0.3, -0.25) is 4.40 Å². The van der Waals surface area contributed by atoms with Crippen molar-refractivity contribution >= 4 is 17.1 Å². The van der Waals surface area contributed by atoms with Gasteiger partial charge in [-0.2, -0.15) is 0 Å². The summed E-state index contributed by atoms with van der Waals surface area (Å²) < 4.78 is 20.4. The minimum Gasteiger partial charge on any atom is -0.487 e. The van der Waals surface area contributed by atoms with E-state index in [-0.39, 0.29) is 12.4 Å². The van der Waals surface area contributed by atoms with Gasteiger partial charge in [0.25, 0.3) is 0 Å². The summed E-state index contributed by atoms with van der Waals surface area (Å²) in [4.78, 5) is 4.28. The molecule has 0 fully saturated rings. The van der Waals surface area contributed by atoms with E-state index in [9.17, 15) is 4.39 Å². The normalized spacial score (nSPS) is 10.9. The Bertz CT molecular complexity index is 770. The largest absolute Gasteiger partial charge is 0.487 e. The van der Waals surface area contributed by atoms with Crippen molar-refractivity contribution in [1.29, 1.82) is 0 Å². The molecule has 2 aromatic heterocycles. The predicted molar refractivity (Wildman–Crippen MR) is 75.7 cm³/mol. The number of hydrogen-bond acceptors (Lipinski definition) is 2. The number of hydrogen-bond donors (Lipinski definition) is 0. The van der Waals surface area contributed by atoms with Crippen LogP contribution in [0.2, 0.25) is 5.28 Å². The van der Waals surface area contributed by atoms with Crippen LogP contribution < -0.4 is 4.74 Å². The molecule has 0 atom stereocenters. The molecule has 0 saturated carbocycles. The minimum atomic E-state index is -0.328. The van der Waals surface area contributed by atoms with Crippen molar-refractivity contribution in [3.8, 4) is 5.75 Å². The van der Waals surface area contributed by atoms with Gasteiger partial charge in [0.05, 0.1) is 5.52 Å². The fourth-order valence-corrected chi connectivity index (χ4v) is 2.28. The zero-order valence-corrected chi connectivity index (χ0v) is 11.6. The maximum absolute atomic E-state index is 13.1. The Labute approximate surface area is 120 Å². The highest BCUT2D eigenvalue weighted by molar-refractivity contribution is 6.28. The zero-order chi connectivity index (χ0) is 14.1. The Balaban J connectivity index is 1.89. The number of nitrogens with zero attached hydrogens (tertiary/aromatic N) is 2. The minimum absolute atomic E-state index is 0.239. The molecule has 0 aliphatic rings. The summed E-state index contributed by atoms with van der Waals surface area (Å²) in [6.07, 6.45) is 1.87. The fraction of sp³-hybridized carbons (Fsp3) is 0.133. The van der Waals surface area contributed by atoms with Crippen molar-refractivity contribution < 1.29 is 9.13 Å². The summed E-state index contributed by atoms with van der Waals surface area (Å²) in [5.41, 5.74) is 2.73. The number of aryl methyl sites for hydroxylation is 1. The van der Waals surface area contributed by atoms with Crippen molar-refractivity contribution in [1.82, 2.24) is 9.38 Å². The van der Waals surface area contributed by atoms with Crippen LogP contribution in [0.1, 0.15) is 11.3 Å². The first-order chi connectivity index (χ1) is 9.63. The first-order valence-corrected chi connectivity index (χ1v) is 6.53. The van der Waals surface area contributed by atoms with Crippen LogP contribution in [0.15, 0.2) is 42.6 Å². The smallest absolute Gasteiger partial charge is 0.207 e. The van der Waals surface area contributed by atoms with E-state index in [0.717, 1.165) is 16.8 Å². The van der Waals surface area contributed by atoms with Crippen molar-refractivity contribution in [2.24, 2.45) is 0 Å². The van der Waals surface area contributed by atoms with Crippen LogP contribution in [-0.2, 0) is 6.61 Å². The van der Waals surface area contributed by atoms with Crippen LogP contribution in [0.25, 0.3) is 5.52 Å². The summed E-state index contributed by atoms with van der Waals surface area (Å²) in [7, 11) is 0. The van der Waals surface area contributed by atoms with Gasteiger partial charge in [-0.1, -0.05) is 6.07 Å². The van der Waals surface area contributed by atoms with Crippen LogP contribution in [-0.4, -0.2) is 9.38 Å². The Hall–Kier alpha value is -2.07. The number of fused-ring (bicyclic) bond motifs is 1. The van der Waals surface area contributed by atoms with Crippen molar-refractivity contribution in [2.45, 2.75) is 13.5 Å². The number of ether oxygens (including phenoxy) is 1. The Morgan fingerprint density at radius 3 is 2.95 bits per heavy atom. The van der Waals surface area contributed by atoms with Crippen LogP contribution in [0.4, 0.5) is 4.39 Å². The first-order valence-electron chi connectivity index (χ1n) is 6.15. The van der Waals surface area contributed by atoms with E-state index >= 15 is 0 Å². The molecule has 0 radical (unpaired) electrons. The second kappa shape index (κ2) is 5.13. The van der Waals surface area contributed by atoms with Crippen LogP contribution >= 0.6 is 11.6 Å². The molecule has 0 amide bonds. The summed E-state index contributed by atoms with van der Waals surface area (Å²) >= 11 is 6.07. The van der Waals surface area contributed by atoms with E-state index in [1.807, 2.05) is 25.3 Å². The molecule has 0 saturated heterocycles. The lowest BCUT2D eigenvalue weighted by Crippen LogP contribution is -1.97. The number of pyridine rings is 1. The Morgan fingerprint density at radius 1 is 1.30 bits per heavy atom. The van der Waals surface area contributed by atoms with Gasteiger partial charge in [-0.15, -0.1) is 0 Å². The molecule has 1 aromatic carbocycles. The SMILES string of the molecule is Cc1ccn2c(Cl)nc(COc3cccc(F)c3)c2c1. The Morgan fingerprint density at radius 2 is 2.15 bits per heavy atom. The number of aromatic nitrogens is 2. The third kappa shape index (κ3) is 2.47. The second-order valence-electron chi connectivity index (χ2n) is 4.53. The van der Waals surface area contributed by atoms with E-state index in [1.165, 1.54) is 12.1 Å². The van der Waals surface area contributed by atoms with Gasteiger partial charge in [-0.05, 0) is 48.4 Å². The topological polar surface area (TPSA) is 26.5 Å². The van der Waals surface area contributed by atoms with E-state index in [4.69, 9.17) is 16.3 Å². The summed E-state index contributed by atoms with van der Waals surface area (Å²) in [6.45, 7) is 2.24. The lowest BCUT2D eigenvalue weighted by molar-refractivity contribution is 0.302. The predicted octanol–water partition coefficient (Wildman–Crippen LogP) is 4.01. The standard InChI is InChI=1S/C15H12ClFN2O/c1-10-5-6-19-14(7-10)13(18-15(19)16)9-20-12-4-2-3-11(17)8-12/h2-8H,9H2,1H3. The van der Waals surface area contributed by atoms with E-state index in [0.29, 0.717) is 11.0 Å². The van der Waals surface area contributed by atoms with E-state index in [1.54, 1.807) is 16.5 Å². The molecule has 102 valence electrons. The zero-order valence-electron chi connectivity index (χ0n) is 10.8. The van der Waals surface area contributed by atoms with Gasteiger partial charge < -0.3 is 4.74 Å². The third-order valence-corrected chi connectivity index (χ3v) is 3.27.